The second kappa shape index (κ2) is 12.8. The number of rotatable bonds is 5. The van der Waals surface area contributed by atoms with E-state index in [2.05, 4.69) is 185 Å². The smallest absolute Gasteiger partial charge is 0.142 e. The van der Waals surface area contributed by atoms with Crippen molar-refractivity contribution in [3.63, 3.8) is 0 Å². The number of aromatic nitrogens is 1. The minimum absolute atomic E-state index is 0.235. The van der Waals surface area contributed by atoms with Crippen LogP contribution < -0.4 is 10.6 Å². The van der Waals surface area contributed by atoms with Gasteiger partial charge in [-0.25, -0.2) is 4.99 Å². The molecule has 0 saturated carbocycles. The van der Waals surface area contributed by atoms with Gasteiger partial charge in [0.05, 0.1) is 16.7 Å². The molecule has 6 heteroatoms. The van der Waals surface area contributed by atoms with Crippen LogP contribution in [-0.2, 0) is 0 Å². The van der Waals surface area contributed by atoms with Gasteiger partial charge in [0.1, 0.15) is 29.3 Å². The van der Waals surface area contributed by atoms with Gasteiger partial charge in [0.25, 0.3) is 0 Å². The lowest BCUT2D eigenvalue weighted by Crippen LogP contribution is -2.45. The number of fused-ring (bicyclic) bond motifs is 9. The van der Waals surface area contributed by atoms with E-state index in [9.17, 15) is 0 Å². The summed E-state index contributed by atoms with van der Waals surface area (Å²) in [6.45, 7) is 0. The van der Waals surface area contributed by atoms with E-state index in [1.807, 2.05) is 23.5 Å². The Labute approximate surface area is 332 Å². The van der Waals surface area contributed by atoms with Gasteiger partial charge in [-0.2, -0.15) is 0 Å². The molecule has 1 aliphatic rings. The van der Waals surface area contributed by atoms with Crippen molar-refractivity contribution in [1.82, 2.24) is 15.2 Å². The SMILES string of the molecule is c1ccc(C2=NC(c3ccccc3)NC(c3cccc4c3oc3cccc(-c5cccc6c5sc5cccc(-n7c8ccccc8c8ccccc87)c56)c34)N2)cc1. The van der Waals surface area contributed by atoms with Crippen LogP contribution in [-0.4, -0.2) is 10.4 Å². The van der Waals surface area contributed by atoms with Gasteiger partial charge in [-0.05, 0) is 41.5 Å². The van der Waals surface area contributed by atoms with Gasteiger partial charge in [0.2, 0.25) is 0 Å². The Morgan fingerprint density at radius 1 is 0.544 bits per heavy atom. The van der Waals surface area contributed by atoms with Gasteiger partial charge < -0.3 is 14.3 Å². The fourth-order valence-corrected chi connectivity index (χ4v) is 10.2. The molecule has 0 amide bonds. The van der Waals surface area contributed by atoms with Crippen molar-refractivity contribution in [3.05, 3.63) is 199 Å². The zero-order chi connectivity index (χ0) is 37.5. The lowest BCUT2D eigenvalue weighted by Gasteiger charge is -2.32. The van der Waals surface area contributed by atoms with Gasteiger partial charge in [-0.1, -0.05) is 152 Å². The molecule has 2 unspecified atom stereocenters. The number of amidine groups is 1. The second-order valence-corrected chi connectivity index (χ2v) is 15.8. The predicted octanol–water partition coefficient (Wildman–Crippen LogP) is 13.1. The van der Waals surface area contributed by atoms with Crippen LogP contribution in [0, 0.1) is 0 Å². The topological polar surface area (TPSA) is 54.5 Å². The predicted molar refractivity (Wildman–Crippen MR) is 238 cm³/mol. The average molecular weight is 751 g/mol. The number of nitrogens with one attached hydrogen (secondary N) is 2. The van der Waals surface area contributed by atoms with Crippen LogP contribution in [0.4, 0.5) is 0 Å². The molecule has 0 aliphatic carbocycles. The molecular weight excluding hydrogens is 717 g/mol. The molecule has 0 saturated heterocycles. The van der Waals surface area contributed by atoms with Crippen molar-refractivity contribution in [3.8, 4) is 16.8 Å². The summed E-state index contributed by atoms with van der Waals surface area (Å²) in [6.07, 6.45) is -0.484. The number of furan rings is 1. The largest absolute Gasteiger partial charge is 0.456 e. The van der Waals surface area contributed by atoms with E-state index in [1.54, 1.807) is 0 Å². The molecule has 2 atom stereocenters. The molecule has 0 fully saturated rings. The first-order valence-electron chi connectivity index (χ1n) is 19.4. The molecule has 11 aromatic rings. The number of thiophene rings is 1. The van der Waals surface area contributed by atoms with Crippen molar-refractivity contribution in [2.45, 2.75) is 12.3 Å². The highest BCUT2D eigenvalue weighted by Crippen LogP contribution is 2.47. The Kier molecular flexibility index (Phi) is 7.24. The first kappa shape index (κ1) is 32.3. The van der Waals surface area contributed by atoms with E-state index in [1.165, 1.54) is 53.2 Å². The minimum atomic E-state index is -0.249. The minimum Gasteiger partial charge on any atom is -0.456 e. The number of nitrogens with zero attached hydrogens (tertiary/aromatic N) is 2. The van der Waals surface area contributed by atoms with E-state index in [4.69, 9.17) is 9.41 Å². The maximum Gasteiger partial charge on any atom is 0.142 e. The van der Waals surface area contributed by atoms with E-state index >= 15 is 0 Å². The Morgan fingerprint density at radius 3 is 2.00 bits per heavy atom. The van der Waals surface area contributed by atoms with Crippen molar-refractivity contribution in [2.75, 3.05) is 0 Å². The number of aliphatic imine (C=N–C) groups is 1. The van der Waals surface area contributed by atoms with Crippen LogP contribution in [0.1, 0.15) is 29.0 Å². The molecule has 4 heterocycles. The molecule has 57 heavy (non-hydrogen) atoms. The van der Waals surface area contributed by atoms with Gasteiger partial charge in [-0.3, -0.25) is 5.32 Å². The molecule has 5 nitrogen and oxygen atoms in total. The Morgan fingerprint density at radius 2 is 1.19 bits per heavy atom. The molecule has 0 bridgehead atoms. The van der Waals surface area contributed by atoms with Crippen molar-refractivity contribution >= 4 is 81.1 Å². The fourth-order valence-electron chi connectivity index (χ4n) is 9.00. The molecule has 1 aliphatic heterocycles. The van der Waals surface area contributed by atoms with Crippen LogP contribution >= 0.6 is 11.3 Å². The lowest BCUT2D eigenvalue weighted by molar-refractivity contribution is 0.408. The molecule has 270 valence electrons. The summed E-state index contributed by atoms with van der Waals surface area (Å²) in [7, 11) is 0. The normalized spacial score (nSPS) is 15.9. The highest BCUT2D eigenvalue weighted by molar-refractivity contribution is 7.26. The van der Waals surface area contributed by atoms with E-state index in [0.717, 1.165) is 50.0 Å². The molecule has 12 rings (SSSR count). The second-order valence-electron chi connectivity index (χ2n) is 14.7. The Hall–Kier alpha value is -6.99. The Balaban J connectivity index is 1.03. The molecule has 0 radical (unpaired) electrons. The molecule has 3 aromatic heterocycles. The first-order valence-corrected chi connectivity index (χ1v) is 20.2. The maximum absolute atomic E-state index is 6.88. The van der Waals surface area contributed by atoms with E-state index in [0.29, 0.717) is 0 Å². The maximum atomic E-state index is 6.88. The molecule has 8 aromatic carbocycles. The van der Waals surface area contributed by atoms with Gasteiger partial charge in [-0.15, -0.1) is 11.3 Å². The summed E-state index contributed by atoms with van der Waals surface area (Å²) in [5.74, 6) is 0.846. The van der Waals surface area contributed by atoms with Crippen molar-refractivity contribution in [1.29, 1.82) is 0 Å². The van der Waals surface area contributed by atoms with E-state index < -0.39 is 0 Å². The number of para-hydroxylation sites is 3. The van der Waals surface area contributed by atoms with Crippen LogP contribution in [0.25, 0.3) is 80.7 Å². The standard InChI is InChI=1S/C51H34N4OS/c1-3-15-31(16-4-1)49-52-50(32-17-5-2-6-18-32)54-51(53-49)39-25-12-23-37-45-35(21-13-29-43(45)56-47(37)39)36-22-11-24-38-46-42(28-14-30-44(46)57-48(36)38)55-40-26-9-7-19-33(40)34-20-8-10-27-41(34)55/h1-30,49,51,53H,(H,52,54). The van der Waals surface area contributed by atoms with Gasteiger partial charge in [0.15, 0.2) is 0 Å². The zero-order valence-corrected chi connectivity index (χ0v) is 31.5. The van der Waals surface area contributed by atoms with Gasteiger partial charge in [0, 0.05) is 58.4 Å². The van der Waals surface area contributed by atoms with E-state index in [-0.39, 0.29) is 12.3 Å². The Bertz CT molecular complexity index is 3320. The summed E-state index contributed by atoms with van der Waals surface area (Å²) in [5, 5.41) is 14.8. The summed E-state index contributed by atoms with van der Waals surface area (Å²) in [6, 6.07) is 64.7. The number of hydrogen-bond acceptors (Lipinski definition) is 5. The van der Waals surface area contributed by atoms with Crippen molar-refractivity contribution < 1.29 is 4.42 Å². The summed E-state index contributed by atoms with van der Waals surface area (Å²) in [5.41, 5.74) is 10.9. The van der Waals surface area contributed by atoms with Crippen molar-refractivity contribution in [2.24, 2.45) is 4.99 Å². The molecular formula is C51H34N4OS. The third-order valence-corrected chi connectivity index (χ3v) is 12.7. The van der Waals surface area contributed by atoms with Crippen LogP contribution in [0.15, 0.2) is 191 Å². The average Bonchev–Trinajstić information content (AvgIpc) is 3.97. The van der Waals surface area contributed by atoms with Crippen LogP contribution in [0.3, 0.4) is 0 Å². The third-order valence-electron chi connectivity index (χ3n) is 11.5. The quantitative estimate of drug-likeness (QED) is 0.184. The molecule has 0 spiro atoms. The molecule has 2 N–H and O–H groups in total. The highest BCUT2D eigenvalue weighted by atomic mass is 32.1. The number of benzene rings is 8. The fraction of sp³-hybridized carbons (Fsp3) is 0.0392. The monoisotopic (exact) mass is 750 g/mol. The summed E-state index contributed by atoms with van der Waals surface area (Å²) >= 11 is 1.87. The summed E-state index contributed by atoms with van der Waals surface area (Å²) in [4.78, 5) is 5.14. The third kappa shape index (κ3) is 5.01. The number of hydrogen-bond donors (Lipinski definition) is 2. The zero-order valence-electron chi connectivity index (χ0n) is 30.7. The first-order chi connectivity index (χ1) is 28.3. The van der Waals surface area contributed by atoms with Crippen LogP contribution in [0.2, 0.25) is 0 Å². The van der Waals surface area contributed by atoms with Gasteiger partial charge >= 0.3 is 0 Å². The highest BCUT2D eigenvalue weighted by Gasteiger charge is 2.28. The lowest BCUT2D eigenvalue weighted by atomic mass is 9.96. The summed E-state index contributed by atoms with van der Waals surface area (Å²) < 4.78 is 11.9. The van der Waals surface area contributed by atoms with Crippen LogP contribution in [0.5, 0.6) is 0 Å².